The minimum absolute atomic E-state index is 0.364. The molecule has 0 bridgehead atoms. The van der Waals surface area contributed by atoms with Crippen LogP contribution in [-0.4, -0.2) is 39.0 Å². The fourth-order valence-corrected chi connectivity index (χ4v) is 5.15. The van der Waals surface area contributed by atoms with Gasteiger partial charge in [-0.15, -0.1) is 0 Å². The van der Waals surface area contributed by atoms with Crippen molar-refractivity contribution < 1.29 is 4.74 Å². The lowest BCUT2D eigenvalue weighted by molar-refractivity contribution is 0.0729. The molecule has 1 fully saturated rings. The minimum Gasteiger partial charge on any atom is -0.384 e. The first-order valence-electron chi connectivity index (χ1n) is 11.4. The first-order chi connectivity index (χ1) is 15.0. The van der Waals surface area contributed by atoms with Gasteiger partial charge < -0.3 is 4.74 Å². The maximum Gasteiger partial charge on any atom is 0.155 e. The quantitative estimate of drug-likeness (QED) is 0.527. The van der Waals surface area contributed by atoms with E-state index in [0.717, 1.165) is 47.7 Å². The summed E-state index contributed by atoms with van der Waals surface area (Å²) in [6.45, 7) is 7.52. The standard InChI is InChI=1S/C25H31N5O/c1-15(2)7-21-16(3)28-25-22(21)11-19(12-27-25)20-5-6-30-23(20)13-26-24(29-30)10-17-8-18(9-17)14-31-4/h5-6,11-13,15,17-18,21H,7-10,14H2,1-4H3. The maximum atomic E-state index is 5.26. The van der Waals surface area contributed by atoms with Gasteiger partial charge in [0.15, 0.2) is 5.82 Å². The summed E-state index contributed by atoms with van der Waals surface area (Å²) in [5, 5.41) is 4.78. The Labute approximate surface area is 183 Å². The first kappa shape index (κ1) is 20.3. The fourth-order valence-electron chi connectivity index (χ4n) is 5.15. The Morgan fingerprint density at radius 3 is 2.77 bits per heavy atom. The minimum atomic E-state index is 0.364. The van der Waals surface area contributed by atoms with Gasteiger partial charge in [0.05, 0.1) is 11.7 Å². The summed E-state index contributed by atoms with van der Waals surface area (Å²) in [7, 11) is 1.78. The molecule has 162 valence electrons. The van der Waals surface area contributed by atoms with Crippen molar-refractivity contribution >= 4 is 17.0 Å². The molecule has 0 spiro atoms. The van der Waals surface area contributed by atoms with Crippen molar-refractivity contribution in [3.8, 4) is 11.1 Å². The number of methoxy groups -OCH3 is 1. The van der Waals surface area contributed by atoms with E-state index in [2.05, 4.69) is 37.9 Å². The van der Waals surface area contributed by atoms with Gasteiger partial charge in [0, 0.05) is 60.9 Å². The lowest BCUT2D eigenvalue weighted by Gasteiger charge is -2.34. The average Bonchev–Trinajstić information content (AvgIpc) is 3.26. The number of aliphatic imine (C=N–C) groups is 1. The summed E-state index contributed by atoms with van der Waals surface area (Å²) in [6, 6.07) is 4.39. The van der Waals surface area contributed by atoms with Crippen LogP contribution in [0.2, 0.25) is 0 Å². The van der Waals surface area contributed by atoms with E-state index in [-0.39, 0.29) is 0 Å². The lowest BCUT2D eigenvalue weighted by Crippen LogP contribution is -2.29. The number of aromatic nitrogens is 4. The molecule has 3 aromatic rings. The van der Waals surface area contributed by atoms with Crippen LogP contribution in [0, 0.1) is 17.8 Å². The van der Waals surface area contributed by atoms with Crippen LogP contribution in [0.3, 0.4) is 0 Å². The Kier molecular flexibility index (Phi) is 5.34. The topological polar surface area (TPSA) is 64.7 Å². The van der Waals surface area contributed by atoms with E-state index in [4.69, 9.17) is 19.8 Å². The molecule has 0 radical (unpaired) electrons. The van der Waals surface area contributed by atoms with Crippen LogP contribution in [0.1, 0.15) is 57.3 Å². The van der Waals surface area contributed by atoms with Crippen molar-refractivity contribution in [2.45, 2.75) is 52.4 Å². The fraction of sp³-hybridized carbons (Fsp3) is 0.520. The lowest BCUT2D eigenvalue weighted by atomic mass is 9.73. The third-order valence-electron chi connectivity index (χ3n) is 6.75. The molecule has 6 nitrogen and oxygen atoms in total. The van der Waals surface area contributed by atoms with Gasteiger partial charge in [-0.3, -0.25) is 0 Å². The molecule has 31 heavy (non-hydrogen) atoms. The summed E-state index contributed by atoms with van der Waals surface area (Å²) < 4.78 is 7.22. The van der Waals surface area contributed by atoms with E-state index in [0.29, 0.717) is 23.7 Å². The second-order valence-electron chi connectivity index (χ2n) is 9.67. The van der Waals surface area contributed by atoms with Crippen molar-refractivity contribution in [1.29, 1.82) is 0 Å². The highest BCUT2D eigenvalue weighted by atomic mass is 16.5. The molecule has 5 rings (SSSR count). The van der Waals surface area contributed by atoms with Crippen molar-refractivity contribution in [2.24, 2.45) is 22.7 Å². The Bertz CT molecular complexity index is 1130. The zero-order valence-corrected chi connectivity index (χ0v) is 18.9. The number of nitrogens with zero attached hydrogens (tertiary/aromatic N) is 5. The molecule has 1 aliphatic carbocycles. The monoisotopic (exact) mass is 417 g/mol. The molecule has 1 unspecified atom stereocenters. The Balaban J connectivity index is 1.38. The van der Waals surface area contributed by atoms with Crippen LogP contribution in [-0.2, 0) is 11.2 Å². The second-order valence-corrected chi connectivity index (χ2v) is 9.67. The van der Waals surface area contributed by atoms with Crippen LogP contribution >= 0.6 is 0 Å². The van der Waals surface area contributed by atoms with E-state index in [9.17, 15) is 0 Å². The highest BCUT2D eigenvalue weighted by Crippen LogP contribution is 2.40. The highest BCUT2D eigenvalue weighted by molar-refractivity contribution is 5.96. The van der Waals surface area contributed by atoms with Gasteiger partial charge in [-0.05, 0) is 56.1 Å². The summed E-state index contributed by atoms with van der Waals surface area (Å²) in [5.74, 6) is 4.16. The van der Waals surface area contributed by atoms with Gasteiger partial charge in [0.2, 0.25) is 0 Å². The number of fused-ring (bicyclic) bond motifs is 2. The third-order valence-corrected chi connectivity index (χ3v) is 6.75. The van der Waals surface area contributed by atoms with E-state index < -0.39 is 0 Å². The number of rotatable bonds is 7. The molecule has 2 aliphatic rings. The summed E-state index contributed by atoms with van der Waals surface area (Å²) in [4.78, 5) is 14.1. The Morgan fingerprint density at radius 1 is 1.16 bits per heavy atom. The van der Waals surface area contributed by atoms with Crippen LogP contribution in [0.15, 0.2) is 35.7 Å². The molecular weight excluding hydrogens is 386 g/mol. The predicted octanol–water partition coefficient (Wildman–Crippen LogP) is 5.24. The normalized spacial score (nSPS) is 22.6. The number of ether oxygens (including phenoxy) is 1. The molecule has 4 heterocycles. The number of hydrogen-bond acceptors (Lipinski definition) is 5. The molecule has 0 saturated heterocycles. The van der Waals surface area contributed by atoms with Gasteiger partial charge in [-0.1, -0.05) is 13.8 Å². The molecule has 0 aromatic carbocycles. The van der Waals surface area contributed by atoms with Gasteiger partial charge in [0.25, 0.3) is 0 Å². The van der Waals surface area contributed by atoms with Crippen LogP contribution in [0.25, 0.3) is 16.6 Å². The highest BCUT2D eigenvalue weighted by Gasteiger charge is 2.30. The second kappa shape index (κ2) is 8.15. The molecular formula is C25H31N5O. The van der Waals surface area contributed by atoms with Gasteiger partial charge >= 0.3 is 0 Å². The van der Waals surface area contributed by atoms with Crippen molar-refractivity contribution in [2.75, 3.05) is 13.7 Å². The van der Waals surface area contributed by atoms with Crippen molar-refractivity contribution in [3.05, 3.63) is 42.1 Å². The summed E-state index contributed by atoms with van der Waals surface area (Å²) >= 11 is 0. The smallest absolute Gasteiger partial charge is 0.155 e. The number of hydrogen-bond donors (Lipinski definition) is 0. The van der Waals surface area contributed by atoms with Crippen LogP contribution in [0.5, 0.6) is 0 Å². The van der Waals surface area contributed by atoms with Crippen molar-refractivity contribution in [3.63, 3.8) is 0 Å². The van der Waals surface area contributed by atoms with E-state index in [1.54, 1.807) is 7.11 Å². The van der Waals surface area contributed by atoms with Crippen molar-refractivity contribution in [1.82, 2.24) is 19.6 Å². The number of pyridine rings is 1. The molecule has 1 atom stereocenters. The molecule has 6 heteroatoms. The predicted molar refractivity (Wildman–Crippen MR) is 123 cm³/mol. The molecule has 0 amide bonds. The van der Waals surface area contributed by atoms with Gasteiger partial charge in [-0.2, -0.15) is 5.10 Å². The SMILES string of the molecule is COCC1CC(Cc2ncc3c(-c4cnc5c(c4)C(CC(C)C)C(C)=N5)ccn3n2)C1. The van der Waals surface area contributed by atoms with Crippen LogP contribution in [0.4, 0.5) is 5.82 Å². The first-order valence-corrected chi connectivity index (χ1v) is 11.4. The van der Waals surface area contributed by atoms with E-state index in [1.165, 1.54) is 24.1 Å². The molecule has 3 aromatic heterocycles. The Hall–Kier alpha value is -2.60. The van der Waals surface area contributed by atoms with Crippen LogP contribution < -0.4 is 0 Å². The summed E-state index contributed by atoms with van der Waals surface area (Å²) in [5.41, 5.74) is 5.67. The average molecular weight is 418 g/mol. The van der Waals surface area contributed by atoms with Gasteiger partial charge in [0.1, 0.15) is 5.82 Å². The van der Waals surface area contributed by atoms with E-state index >= 15 is 0 Å². The zero-order chi connectivity index (χ0) is 21.5. The Morgan fingerprint density at radius 2 is 2.00 bits per heavy atom. The molecule has 0 N–H and O–H groups in total. The summed E-state index contributed by atoms with van der Waals surface area (Å²) in [6.07, 6.45) is 10.4. The zero-order valence-electron chi connectivity index (χ0n) is 18.9. The van der Waals surface area contributed by atoms with Gasteiger partial charge in [-0.25, -0.2) is 19.5 Å². The maximum absolute atomic E-state index is 5.26. The molecule has 1 aliphatic heterocycles. The van der Waals surface area contributed by atoms with E-state index in [1.807, 2.05) is 23.1 Å². The molecule has 1 saturated carbocycles. The largest absolute Gasteiger partial charge is 0.384 e. The third kappa shape index (κ3) is 3.89.